The van der Waals surface area contributed by atoms with Crippen molar-refractivity contribution in [1.29, 1.82) is 0 Å². The molecule has 1 aliphatic heterocycles. The molecule has 0 N–H and O–H groups in total. The quantitative estimate of drug-likeness (QED) is 0.742. The number of benzene rings is 1. The molecule has 92 valence electrons. The van der Waals surface area contributed by atoms with Gasteiger partial charge in [0.2, 0.25) is 0 Å². The molecule has 0 atom stereocenters. The fourth-order valence-electron chi connectivity index (χ4n) is 1.79. The van der Waals surface area contributed by atoms with E-state index in [2.05, 4.69) is 68.7 Å². The highest BCUT2D eigenvalue weighted by Gasteiger charge is 2.52. The van der Waals surface area contributed by atoms with Crippen LogP contribution in [0.25, 0.3) is 0 Å². The van der Waals surface area contributed by atoms with E-state index in [9.17, 15) is 0 Å². The predicted molar refractivity (Wildman–Crippen MR) is 74.6 cm³/mol. The summed E-state index contributed by atoms with van der Waals surface area (Å²) in [5.74, 6) is 0. The second-order valence-electron chi connectivity index (χ2n) is 5.61. The molecule has 0 unspecified atom stereocenters. The van der Waals surface area contributed by atoms with E-state index < -0.39 is 0 Å². The molecule has 1 saturated heterocycles. The molecule has 2 nitrogen and oxygen atoms in total. The first kappa shape index (κ1) is 13.1. The van der Waals surface area contributed by atoms with Gasteiger partial charge in [0.15, 0.2) is 0 Å². The van der Waals surface area contributed by atoms with Crippen molar-refractivity contribution in [3.63, 3.8) is 0 Å². The summed E-state index contributed by atoms with van der Waals surface area (Å²) >= 11 is 3.57. The van der Waals surface area contributed by atoms with Crippen molar-refractivity contribution in [2.45, 2.75) is 45.8 Å². The maximum atomic E-state index is 6.02. The van der Waals surface area contributed by atoms with E-state index in [1.807, 2.05) is 0 Å². The molecule has 0 radical (unpaired) electrons. The zero-order valence-electron chi connectivity index (χ0n) is 11.0. The van der Waals surface area contributed by atoms with Crippen LogP contribution in [0.1, 0.15) is 33.3 Å². The van der Waals surface area contributed by atoms with Gasteiger partial charge in [-0.3, -0.25) is 0 Å². The van der Waals surface area contributed by atoms with Crippen LogP contribution in [0.3, 0.4) is 0 Å². The maximum Gasteiger partial charge on any atom is 0.495 e. The highest BCUT2D eigenvalue weighted by molar-refractivity contribution is 9.10. The SMILES string of the molecule is Cc1ccc(B2OC(C)(C)C(C)(C)O2)c(Br)c1. The third-order valence-electron chi connectivity index (χ3n) is 3.66. The first-order chi connectivity index (χ1) is 7.73. The van der Waals surface area contributed by atoms with Crippen molar-refractivity contribution in [2.75, 3.05) is 0 Å². The first-order valence-corrected chi connectivity index (χ1v) is 6.64. The Labute approximate surface area is 112 Å². The van der Waals surface area contributed by atoms with Gasteiger partial charge in [0.05, 0.1) is 11.2 Å². The van der Waals surface area contributed by atoms with Crippen LogP contribution in [0, 0.1) is 6.92 Å². The molecule has 17 heavy (non-hydrogen) atoms. The smallest absolute Gasteiger partial charge is 0.399 e. The van der Waals surface area contributed by atoms with Crippen LogP contribution in [-0.4, -0.2) is 18.3 Å². The van der Waals surface area contributed by atoms with E-state index >= 15 is 0 Å². The van der Waals surface area contributed by atoms with Crippen molar-refractivity contribution < 1.29 is 9.31 Å². The summed E-state index contributed by atoms with van der Waals surface area (Å²) in [7, 11) is -0.296. The molecule has 4 heteroatoms. The van der Waals surface area contributed by atoms with Crippen molar-refractivity contribution in [3.05, 3.63) is 28.2 Å². The molecule has 1 aliphatic rings. The van der Waals surface area contributed by atoms with Crippen LogP contribution in [0.5, 0.6) is 0 Å². The zero-order valence-corrected chi connectivity index (χ0v) is 12.6. The van der Waals surface area contributed by atoms with Gasteiger partial charge in [-0.15, -0.1) is 0 Å². The van der Waals surface area contributed by atoms with Crippen LogP contribution < -0.4 is 5.46 Å². The van der Waals surface area contributed by atoms with Crippen LogP contribution in [0.4, 0.5) is 0 Å². The fourth-order valence-corrected chi connectivity index (χ4v) is 2.47. The Kier molecular flexibility index (Phi) is 3.17. The molecule has 1 heterocycles. The Balaban J connectivity index is 2.32. The Morgan fingerprint density at radius 1 is 1.06 bits per heavy atom. The summed E-state index contributed by atoms with van der Waals surface area (Å²) < 4.78 is 13.1. The van der Waals surface area contributed by atoms with Gasteiger partial charge < -0.3 is 9.31 Å². The summed E-state index contributed by atoms with van der Waals surface area (Å²) in [5.41, 5.74) is 1.69. The molecule has 0 aliphatic carbocycles. The minimum atomic E-state index is -0.296. The third-order valence-corrected chi connectivity index (χ3v) is 4.35. The van der Waals surface area contributed by atoms with Crippen LogP contribution in [0.15, 0.2) is 22.7 Å². The van der Waals surface area contributed by atoms with Crippen molar-refractivity contribution >= 4 is 28.5 Å². The van der Waals surface area contributed by atoms with Gasteiger partial charge >= 0.3 is 7.12 Å². The van der Waals surface area contributed by atoms with Gasteiger partial charge in [-0.2, -0.15) is 0 Å². The summed E-state index contributed by atoms with van der Waals surface area (Å²) in [6.07, 6.45) is 0. The van der Waals surface area contributed by atoms with Gasteiger partial charge in [-0.1, -0.05) is 33.6 Å². The minimum absolute atomic E-state index is 0.290. The highest BCUT2D eigenvalue weighted by atomic mass is 79.9. The average Bonchev–Trinajstić information content (AvgIpc) is 2.35. The van der Waals surface area contributed by atoms with Crippen LogP contribution in [-0.2, 0) is 9.31 Å². The fraction of sp³-hybridized carbons (Fsp3) is 0.538. The number of rotatable bonds is 1. The van der Waals surface area contributed by atoms with Gasteiger partial charge in [-0.25, -0.2) is 0 Å². The Bertz CT molecular complexity index is 427. The lowest BCUT2D eigenvalue weighted by atomic mass is 9.79. The molecule has 0 bridgehead atoms. The zero-order chi connectivity index (χ0) is 12.8. The van der Waals surface area contributed by atoms with Crippen molar-refractivity contribution in [3.8, 4) is 0 Å². The molecule has 1 aromatic rings. The van der Waals surface area contributed by atoms with Gasteiger partial charge in [0.25, 0.3) is 0 Å². The van der Waals surface area contributed by atoms with E-state index in [-0.39, 0.29) is 18.3 Å². The van der Waals surface area contributed by atoms with Gasteiger partial charge in [-0.05, 0) is 46.1 Å². The Morgan fingerprint density at radius 2 is 1.59 bits per heavy atom. The van der Waals surface area contributed by atoms with E-state index in [0.717, 1.165) is 9.94 Å². The van der Waals surface area contributed by atoms with Crippen molar-refractivity contribution in [1.82, 2.24) is 0 Å². The van der Waals surface area contributed by atoms with Gasteiger partial charge in [0.1, 0.15) is 0 Å². The molecule has 2 rings (SSSR count). The third kappa shape index (κ3) is 2.31. The number of hydrogen-bond donors (Lipinski definition) is 0. The predicted octanol–water partition coefficient (Wildman–Crippen LogP) is 3.06. The molecule has 0 amide bonds. The maximum absolute atomic E-state index is 6.02. The topological polar surface area (TPSA) is 18.5 Å². The van der Waals surface area contributed by atoms with E-state index in [1.54, 1.807) is 0 Å². The highest BCUT2D eigenvalue weighted by Crippen LogP contribution is 2.36. The first-order valence-electron chi connectivity index (χ1n) is 5.85. The number of halogens is 1. The second-order valence-corrected chi connectivity index (χ2v) is 6.47. The van der Waals surface area contributed by atoms with Crippen molar-refractivity contribution in [2.24, 2.45) is 0 Å². The Morgan fingerprint density at radius 3 is 2.06 bits per heavy atom. The number of hydrogen-bond acceptors (Lipinski definition) is 2. The second kappa shape index (κ2) is 4.11. The largest absolute Gasteiger partial charge is 0.495 e. The lowest BCUT2D eigenvalue weighted by Gasteiger charge is -2.32. The average molecular weight is 297 g/mol. The standard InChI is InChI=1S/C13H18BBrO2/c1-9-6-7-10(11(15)8-9)14-16-12(2,3)13(4,5)17-14/h6-8H,1-5H3. The molecule has 1 aromatic carbocycles. The van der Waals surface area contributed by atoms with E-state index in [0.29, 0.717) is 0 Å². The molecule has 0 saturated carbocycles. The molecule has 0 aromatic heterocycles. The monoisotopic (exact) mass is 296 g/mol. The van der Waals surface area contributed by atoms with Crippen LogP contribution >= 0.6 is 15.9 Å². The van der Waals surface area contributed by atoms with E-state index in [1.165, 1.54) is 5.56 Å². The summed E-state index contributed by atoms with van der Waals surface area (Å²) in [5, 5.41) is 0. The lowest BCUT2D eigenvalue weighted by molar-refractivity contribution is 0.00578. The normalized spacial score (nSPS) is 21.9. The lowest BCUT2D eigenvalue weighted by Crippen LogP contribution is -2.41. The van der Waals surface area contributed by atoms with Crippen LogP contribution in [0.2, 0.25) is 0 Å². The molecule has 1 fully saturated rings. The van der Waals surface area contributed by atoms with Gasteiger partial charge in [0, 0.05) is 4.47 Å². The Hall–Kier alpha value is -0.315. The summed E-state index contributed by atoms with van der Waals surface area (Å²) in [4.78, 5) is 0. The summed E-state index contributed by atoms with van der Waals surface area (Å²) in [6.45, 7) is 10.3. The molecular formula is C13H18BBrO2. The number of aryl methyl sites for hydroxylation is 1. The van der Waals surface area contributed by atoms with E-state index in [4.69, 9.17) is 9.31 Å². The molecular weight excluding hydrogens is 279 g/mol. The summed E-state index contributed by atoms with van der Waals surface area (Å²) in [6, 6.07) is 6.22. The minimum Gasteiger partial charge on any atom is -0.399 e. The molecule has 0 spiro atoms.